The van der Waals surface area contributed by atoms with Crippen LogP contribution in [0.2, 0.25) is 5.02 Å². The van der Waals surface area contributed by atoms with Gasteiger partial charge in [-0.05, 0) is 24.3 Å². The van der Waals surface area contributed by atoms with Gasteiger partial charge in [-0.2, -0.15) is 0 Å². The number of rotatable bonds is 4. The van der Waals surface area contributed by atoms with E-state index in [1.165, 1.54) is 17.0 Å². The number of pyridine rings is 1. The summed E-state index contributed by atoms with van der Waals surface area (Å²) in [6.07, 6.45) is 1.60. The molecule has 2 aromatic rings. The highest BCUT2D eigenvalue weighted by Gasteiger charge is 2.22. The molecule has 110 valence electrons. The van der Waals surface area contributed by atoms with E-state index in [9.17, 15) is 9.18 Å². The molecule has 0 fully saturated rings. The van der Waals surface area contributed by atoms with Crippen molar-refractivity contribution in [1.29, 1.82) is 0 Å². The Morgan fingerprint density at radius 3 is 2.62 bits per heavy atom. The predicted molar refractivity (Wildman–Crippen MR) is 81.7 cm³/mol. The maximum atomic E-state index is 13.9. The lowest BCUT2D eigenvalue weighted by atomic mass is 10.1. The number of nitrogens with zero attached hydrogens (tertiary/aromatic N) is 2. The van der Waals surface area contributed by atoms with Gasteiger partial charge in [-0.25, -0.2) is 9.37 Å². The predicted octanol–water partition coefficient (Wildman–Crippen LogP) is 4.06. The van der Waals surface area contributed by atoms with E-state index in [2.05, 4.69) is 4.98 Å². The Bertz CT molecular complexity index is 611. The van der Waals surface area contributed by atoms with Crippen LogP contribution in [0.1, 0.15) is 19.4 Å². The van der Waals surface area contributed by atoms with Gasteiger partial charge in [0.05, 0.1) is 6.54 Å². The third-order valence-electron chi connectivity index (χ3n) is 3.06. The molecular weight excluding hydrogens is 291 g/mol. The summed E-state index contributed by atoms with van der Waals surface area (Å²) < 4.78 is 13.9. The number of carbonyl (C=O) groups excluding carboxylic acids is 1. The standard InChI is InChI=1S/C16H16ClFN2O/c1-11(2)16(21)20(15-8-3-4-9-19-15)10-12-13(17)6-5-7-14(12)18/h3-9,11H,10H2,1-2H3. The van der Waals surface area contributed by atoms with Gasteiger partial charge < -0.3 is 0 Å². The van der Waals surface area contributed by atoms with Crippen LogP contribution in [0.5, 0.6) is 0 Å². The highest BCUT2D eigenvalue weighted by Crippen LogP contribution is 2.24. The maximum absolute atomic E-state index is 13.9. The van der Waals surface area contributed by atoms with Gasteiger partial charge in [-0.1, -0.05) is 37.6 Å². The maximum Gasteiger partial charge on any atom is 0.231 e. The highest BCUT2D eigenvalue weighted by molar-refractivity contribution is 6.31. The number of amides is 1. The van der Waals surface area contributed by atoms with Crippen molar-refractivity contribution >= 4 is 23.3 Å². The second-order valence-corrected chi connectivity index (χ2v) is 5.37. The minimum absolute atomic E-state index is 0.0551. The normalized spacial score (nSPS) is 10.7. The summed E-state index contributed by atoms with van der Waals surface area (Å²) in [4.78, 5) is 18.0. The molecule has 1 aromatic heterocycles. The molecule has 1 aromatic carbocycles. The van der Waals surface area contributed by atoms with Crippen LogP contribution in [-0.2, 0) is 11.3 Å². The largest absolute Gasteiger partial charge is 0.292 e. The van der Waals surface area contributed by atoms with Crippen molar-refractivity contribution in [1.82, 2.24) is 4.98 Å². The van der Waals surface area contributed by atoms with Crippen molar-refractivity contribution in [3.05, 3.63) is 59.0 Å². The fraction of sp³-hybridized carbons (Fsp3) is 0.250. The minimum Gasteiger partial charge on any atom is -0.292 e. The molecule has 0 aliphatic carbocycles. The van der Waals surface area contributed by atoms with Crippen molar-refractivity contribution < 1.29 is 9.18 Å². The molecule has 0 spiro atoms. The summed E-state index contributed by atoms with van der Waals surface area (Å²) in [7, 11) is 0. The van der Waals surface area contributed by atoms with Crippen LogP contribution in [-0.4, -0.2) is 10.9 Å². The monoisotopic (exact) mass is 306 g/mol. The van der Waals surface area contributed by atoms with Crippen molar-refractivity contribution in [2.24, 2.45) is 5.92 Å². The van der Waals surface area contributed by atoms with Crippen molar-refractivity contribution in [3.8, 4) is 0 Å². The molecule has 0 bridgehead atoms. The van der Waals surface area contributed by atoms with Crippen molar-refractivity contribution in [2.75, 3.05) is 4.90 Å². The Labute approximate surface area is 128 Å². The molecule has 2 rings (SSSR count). The van der Waals surface area contributed by atoms with E-state index in [1.807, 2.05) is 0 Å². The molecule has 1 heterocycles. The number of hydrogen-bond acceptors (Lipinski definition) is 2. The van der Waals surface area contributed by atoms with Gasteiger partial charge in [0.25, 0.3) is 0 Å². The Morgan fingerprint density at radius 2 is 2.05 bits per heavy atom. The van der Waals surface area contributed by atoms with Crippen LogP contribution >= 0.6 is 11.6 Å². The van der Waals surface area contributed by atoms with Gasteiger partial charge in [0.15, 0.2) is 0 Å². The minimum atomic E-state index is -0.431. The van der Waals surface area contributed by atoms with E-state index in [0.717, 1.165) is 0 Å². The summed E-state index contributed by atoms with van der Waals surface area (Å²) in [6, 6.07) is 9.74. The molecule has 0 aliphatic rings. The first-order chi connectivity index (χ1) is 10.0. The average molecular weight is 307 g/mol. The van der Waals surface area contributed by atoms with Crippen LogP contribution in [0.3, 0.4) is 0 Å². The molecule has 0 unspecified atom stereocenters. The van der Waals surface area contributed by atoms with Crippen LogP contribution in [0.15, 0.2) is 42.6 Å². The summed E-state index contributed by atoms with van der Waals surface area (Å²) >= 11 is 6.05. The molecule has 0 atom stereocenters. The number of aromatic nitrogens is 1. The van der Waals surface area contributed by atoms with E-state index in [-0.39, 0.29) is 18.4 Å². The smallest absolute Gasteiger partial charge is 0.231 e. The lowest BCUT2D eigenvalue weighted by Crippen LogP contribution is -2.34. The SMILES string of the molecule is CC(C)C(=O)N(Cc1c(F)cccc1Cl)c1ccccn1. The number of anilines is 1. The molecular formula is C16H16ClFN2O. The summed E-state index contributed by atoms with van der Waals surface area (Å²) in [5, 5.41) is 0.299. The van der Waals surface area contributed by atoms with Gasteiger partial charge in [0.2, 0.25) is 5.91 Å². The Hall–Kier alpha value is -1.94. The molecule has 0 saturated heterocycles. The van der Waals surface area contributed by atoms with Crippen LogP contribution < -0.4 is 4.90 Å². The van der Waals surface area contributed by atoms with Gasteiger partial charge in [0, 0.05) is 22.7 Å². The quantitative estimate of drug-likeness (QED) is 0.853. The van der Waals surface area contributed by atoms with E-state index in [4.69, 9.17) is 11.6 Å². The number of carbonyl (C=O) groups is 1. The second-order valence-electron chi connectivity index (χ2n) is 4.97. The Kier molecular flexibility index (Phi) is 4.91. The van der Waals surface area contributed by atoms with E-state index >= 15 is 0 Å². The Morgan fingerprint density at radius 1 is 1.29 bits per heavy atom. The first-order valence-corrected chi connectivity index (χ1v) is 7.03. The number of hydrogen-bond donors (Lipinski definition) is 0. The van der Waals surface area contributed by atoms with E-state index in [1.54, 1.807) is 44.3 Å². The van der Waals surface area contributed by atoms with Crippen molar-refractivity contribution in [3.63, 3.8) is 0 Å². The topological polar surface area (TPSA) is 33.2 Å². The van der Waals surface area contributed by atoms with E-state index < -0.39 is 5.82 Å². The molecule has 3 nitrogen and oxygen atoms in total. The summed E-state index contributed by atoms with van der Waals surface area (Å²) in [6.45, 7) is 3.64. The first kappa shape index (κ1) is 15.4. The van der Waals surface area contributed by atoms with Crippen LogP contribution in [0.4, 0.5) is 10.2 Å². The fourth-order valence-corrected chi connectivity index (χ4v) is 2.16. The number of halogens is 2. The zero-order valence-electron chi connectivity index (χ0n) is 11.9. The molecule has 0 radical (unpaired) electrons. The van der Waals surface area contributed by atoms with Gasteiger partial charge >= 0.3 is 0 Å². The molecule has 0 saturated carbocycles. The lowest BCUT2D eigenvalue weighted by molar-refractivity contribution is -0.121. The van der Waals surface area contributed by atoms with Crippen LogP contribution in [0.25, 0.3) is 0 Å². The molecule has 5 heteroatoms. The fourth-order valence-electron chi connectivity index (χ4n) is 1.94. The van der Waals surface area contributed by atoms with E-state index in [0.29, 0.717) is 16.4 Å². The van der Waals surface area contributed by atoms with Gasteiger partial charge in [-0.3, -0.25) is 9.69 Å². The van der Waals surface area contributed by atoms with Crippen molar-refractivity contribution in [2.45, 2.75) is 20.4 Å². The van der Waals surface area contributed by atoms with Crippen LogP contribution in [0, 0.1) is 11.7 Å². The molecule has 1 amide bonds. The summed E-state index contributed by atoms with van der Waals surface area (Å²) in [5.74, 6) is -0.305. The average Bonchev–Trinajstić information content (AvgIpc) is 2.47. The van der Waals surface area contributed by atoms with Gasteiger partial charge in [0.1, 0.15) is 11.6 Å². The molecule has 0 N–H and O–H groups in total. The third-order valence-corrected chi connectivity index (χ3v) is 3.42. The zero-order valence-corrected chi connectivity index (χ0v) is 12.6. The van der Waals surface area contributed by atoms with Gasteiger partial charge in [-0.15, -0.1) is 0 Å². The lowest BCUT2D eigenvalue weighted by Gasteiger charge is -2.24. The zero-order chi connectivity index (χ0) is 15.4. The summed E-state index contributed by atoms with van der Waals surface area (Å²) in [5.41, 5.74) is 0.291. The second kappa shape index (κ2) is 6.68. The highest BCUT2D eigenvalue weighted by atomic mass is 35.5. The third kappa shape index (κ3) is 3.58. The molecule has 0 aliphatic heterocycles. The number of benzene rings is 1. The Balaban J connectivity index is 2.40. The first-order valence-electron chi connectivity index (χ1n) is 6.66. The molecule has 21 heavy (non-hydrogen) atoms.